The number of hydrogen-bond acceptors (Lipinski definition) is 6. The van der Waals surface area contributed by atoms with Crippen molar-refractivity contribution in [2.24, 2.45) is 7.05 Å². The molecule has 0 fully saturated rings. The number of methoxy groups -OCH3 is 2. The summed E-state index contributed by atoms with van der Waals surface area (Å²) in [4.78, 5) is 28.0. The van der Waals surface area contributed by atoms with Crippen molar-refractivity contribution in [1.29, 1.82) is 0 Å². The molecule has 21 heavy (non-hydrogen) atoms. The van der Waals surface area contributed by atoms with Gasteiger partial charge in [0.15, 0.2) is 0 Å². The Morgan fingerprint density at radius 3 is 2.57 bits per heavy atom. The molecule has 0 spiro atoms. The Bertz CT molecular complexity index is 705. The molecule has 0 aliphatic rings. The molecule has 0 aliphatic carbocycles. The molecule has 0 unspecified atom stereocenters. The lowest BCUT2D eigenvalue weighted by Crippen LogP contribution is -2.17. The lowest BCUT2D eigenvalue weighted by atomic mass is 10.1. The van der Waals surface area contributed by atoms with E-state index in [1.54, 1.807) is 18.5 Å². The molecule has 0 saturated heterocycles. The maximum Gasteiger partial charge on any atom is 0.379 e. The molecule has 2 heterocycles. The number of fused-ring (bicyclic) bond motifs is 1. The van der Waals surface area contributed by atoms with E-state index < -0.39 is 11.8 Å². The molecule has 0 bridgehead atoms. The fourth-order valence-electron chi connectivity index (χ4n) is 2.16. The van der Waals surface area contributed by atoms with E-state index in [1.165, 1.54) is 26.6 Å². The van der Waals surface area contributed by atoms with E-state index in [0.717, 1.165) is 0 Å². The van der Waals surface area contributed by atoms with Gasteiger partial charge < -0.3 is 18.8 Å². The minimum atomic E-state index is -0.900. The first-order valence-electron chi connectivity index (χ1n) is 6.32. The second-order valence-corrected chi connectivity index (χ2v) is 4.26. The van der Waals surface area contributed by atoms with E-state index in [-0.39, 0.29) is 12.2 Å². The Balaban J connectivity index is 2.70. The molecule has 2 aromatic heterocycles. The van der Waals surface area contributed by atoms with Crippen molar-refractivity contribution in [3.8, 4) is 11.6 Å². The number of nitrogens with zero attached hydrogens (tertiary/aromatic N) is 2. The molecule has 0 radical (unpaired) electrons. The van der Waals surface area contributed by atoms with Crippen LogP contribution in [0.1, 0.15) is 17.3 Å². The summed E-state index contributed by atoms with van der Waals surface area (Å²) in [5, 5.41) is 0.477. The Morgan fingerprint density at radius 1 is 1.29 bits per heavy atom. The van der Waals surface area contributed by atoms with Gasteiger partial charge in [0.1, 0.15) is 11.3 Å². The highest BCUT2D eigenvalue weighted by molar-refractivity contribution is 6.43. The molecule has 0 saturated carbocycles. The van der Waals surface area contributed by atoms with Gasteiger partial charge in [0.25, 0.3) is 5.78 Å². The van der Waals surface area contributed by atoms with Crippen LogP contribution in [0.2, 0.25) is 0 Å². The Labute approximate surface area is 121 Å². The Hall–Kier alpha value is -2.57. The van der Waals surface area contributed by atoms with Gasteiger partial charge in [-0.2, -0.15) is 0 Å². The number of ether oxygens (including phenoxy) is 3. The zero-order valence-corrected chi connectivity index (χ0v) is 12.3. The molecule has 7 heteroatoms. The van der Waals surface area contributed by atoms with Crippen molar-refractivity contribution in [3.05, 3.63) is 18.0 Å². The van der Waals surface area contributed by atoms with E-state index >= 15 is 0 Å². The van der Waals surface area contributed by atoms with Crippen LogP contribution in [0.15, 0.2) is 12.4 Å². The van der Waals surface area contributed by atoms with Gasteiger partial charge in [-0.15, -0.1) is 0 Å². The van der Waals surface area contributed by atoms with Crippen molar-refractivity contribution < 1.29 is 23.8 Å². The summed E-state index contributed by atoms with van der Waals surface area (Å²) in [6.45, 7) is 1.78. The van der Waals surface area contributed by atoms with Crippen molar-refractivity contribution in [2.45, 2.75) is 6.92 Å². The lowest BCUT2D eigenvalue weighted by Gasteiger charge is -2.07. The molecule has 0 aromatic carbocycles. The number of ketones is 1. The van der Waals surface area contributed by atoms with Crippen molar-refractivity contribution in [3.63, 3.8) is 0 Å². The maximum absolute atomic E-state index is 12.2. The summed E-state index contributed by atoms with van der Waals surface area (Å²) in [5.74, 6) is -0.896. The number of carbonyl (C=O) groups is 2. The first-order chi connectivity index (χ1) is 10.0. The number of rotatable bonds is 5. The van der Waals surface area contributed by atoms with Crippen LogP contribution >= 0.6 is 0 Å². The third-order valence-corrected chi connectivity index (χ3v) is 3.05. The molecular formula is C14H16N2O5. The number of hydrogen-bond donors (Lipinski definition) is 0. The number of pyridine rings is 1. The molecule has 2 rings (SSSR count). The first kappa shape index (κ1) is 14.8. The predicted octanol–water partition coefficient (Wildman–Crippen LogP) is 1.34. The summed E-state index contributed by atoms with van der Waals surface area (Å²) in [7, 11) is 4.68. The lowest BCUT2D eigenvalue weighted by molar-refractivity contribution is -0.137. The summed E-state index contributed by atoms with van der Waals surface area (Å²) >= 11 is 0. The van der Waals surface area contributed by atoms with Gasteiger partial charge in [0, 0.05) is 13.2 Å². The topological polar surface area (TPSA) is 79.7 Å². The standard InChI is InChI=1S/C14H16N2O5/c1-5-21-14(18)12(17)8-7-16(2)11-10(8)9(19-3)6-15-13(11)20-4/h6-7H,5H2,1-4H3. The van der Waals surface area contributed by atoms with E-state index in [4.69, 9.17) is 14.2 Å². The van der Waals surface area contributed by atoms with Crippen LogP contribution in [0.3, 0.4) is 0 Å². The zero-order valence-electron chi connectivity index (χ0n) is 12.3. The number of carbonyl (C=O) groups excluding carboxylic acids is 2. The van der Waals surface area contributed by atoms with Crippen molar-refractivity contribution in [2.75, 3.05) is 20.8 Å². The smallest absolute Gasteiger partial charge is 0.379 e. The van der Waals surface area contributed by atoms with Gasteiger partial charge in [0.2, 0.25) is 5.88 Å². The van der Waals surface area contributed by atoms with Gasteiger partial charge in [-0.1, -0.05) is 0 Å². The summed E-state index contributed by atoms with van der Waals surface area (Å²) in [6.07, 6.45) is 2.99. The molecule has 7 nitrogen and oxygen atoms in total. The molecular weight excluding hydrogens is 276 g/mol. The van der Waals surface area contributed by atoms with Gasteiger partial charge in [-0.05, 0) is 6.92 Å². The fourth-order valence-corrected chi connectivity index (χ4v) is 2.16. The fraction of sp³-hybridized carbons (Fsp3) is 0.357. The highest BCUT2D eigenvalue weighted by Crippen LogP contribution is 2.34. The van der Waals surface area contributed by atoms with Crippen molar-refractivity contribution in [1.82, 2.24) is 9.55 Å². The maximum atomic E-state index is 12.2. The van der Waals surface area contributed by atoms with Gasteiger partial charge in [0.05, 0.1) is 38.0 Å². The Kier molecular flexibility index (Phi) is 4.11. The first-order valence-corrected chi connectivity index (χ1v) is 6.32. The predicted molar refractivity (Wildman–Crippen MR) is 74.8 cm³/mol. The monoisotopic (exact) mass is 292 g/mol. The molecule has 0 N–H and O–H groups in total. The normalized spacial score (nSPS) is 10.5. The second kappa shape index (κ2) is 5.82. The van der Waals surface area contributed by atoms with Crippen LogP contribution < -0.4 is 9.47 Å². The number of aromatic nitrogens is 2. The van der Waals surface area contributed by atoms with Crippen LogP contribution in [-0.4, -0.2) is 42.1 Å². The van der Waals surface area contributed by atoms with Gasteiger partial charge in [-0.25, -0.2) is 9.78 Å². The third-order valence-electron chi connectivity index (χ3n) is 3.05. The summed E-state index contributed by atoms with van der Waals surface area (Å²) in [5.41, 5.74) is 0.771. The number of esters is 1. The molecule has 2 aromatic rings. The third kappa shape index (κ3) is 2.42. The van der Waals surface area contributed by atoms with Gasteiger partial charge >= 0.3 is 5.97 Å². The van der Waals surface area contributed by atoms with Crippen molar-refractivity contribution >= 4 is 22.7 Å². The van der Waals surface area contributed by atoms with Gasteiger partial charge in [-0.3, -0.25) is 4.79 Å². The average Bonchev–Trinajstić information content (AvgIpc) is 2.84. The van der Waals surface area contributed by atoms with E-state index in [1.807, 2.05) is 0 Å². The minimum Gasteiger partial charge on any atom is -0.494 e. The Morgan fingerprint density at radius 2 is 2.00 bits per heavy atom. The van der Waals surface area contributed by atoms with Crippen LogP contribution in [0.4, 0.5) is 0 Å². The highest BCUT2D eigenvalue weighted by Gasteiger charge is 2.26. The van der Waals surface area contributed by atoms with Crippen LogP contribution in [0.25, 0.3) is 10.9 Å². The minimum absolute atomic E-state index is 0.136. The summed E-state index contributed by atoms with van der Waals surface area (Å²) < 4.78 is 16.9. The number of aryl methyl sites for hydroxylation is 1. The van der Waals surface area contributed by atoms with Crippen LogP contribution in [-0.2, 0) is 16.6 Å². The van der Waals surface area contributed by atoms with Crippen LogP contribution in [0.5, 0.6) is 11.6 Å². The van der Waals surface area contributed by atoms with Crippen LogP contribution in [0, 0.1) is 0 Å². The largest absolute Gasteiger partial charge is 0.494 e. The SMILES string of the molecule is CCOC(=O)C(=O)c1cn(C)c2c(OC)ncc(OC)c12. The average molecular weight is 292 g/mol. The number of Topliss-reactive ketones (excluding diaryl/α,β-unsaturated/α-hetero) is 1. The molecule has 0 atom stereocenters. The molecule has 0 aliphatic heterocycles. The molecule has 0 amide bonds. The molecule has 112 valence electrons. The van der Waals surface area contributed by atoms with E-state index in [9.17, 15) is 9.59 Å². The highest BCUT2D eigenvalue weighted by atomic mass is 16.5. The van der Waals surface area contributed by atoms with E-state index in [2.05, 4.69) is 4.98 Å². The quantitative estimate of drug-likeness (QED) is 0.470. The van der Waals surface area contributed by atoms with E-state index in [0.29, 0.717) is 22.5 Å². The zero-order chi connectivity index (χ0) is 15.6. The second-order valence-electron chi connectivity index (χ2n) is 4.26. The summed E-state index contributed by atoms with van der Waals surface area (Å²) in [6, 6.07) is 0.